The van der Waals surface area contributed by atoms with E-state index in [1.807, 2.05) is 5.43 Å². The second kappa shape index (κ2) is 5.50. The summed E-state index contributed by atoms with van der Waals surface area (Å²) in [6, 6.07) is 0. The summed E-state index contributed by atoms with van der Waals surface area (Å²) in [4.78, 5) is 14.9. The first-order valence-electron chi connectivity index (χ1n) is 3.36. The molecule has 0 heterocycles. The van der Waals surface area contributed by atoms with Crippen molar-refractivity contribution in [3.63, 3.8) is 0 Å². The fourth-order valence-electron chi connectivity index (χ4n) is 0.539. The number of nitrogens with one attached hydrogen (secondary N) is 1. The minimum atomic E-state index is -0.543. The third-order valence-electron chi connectivity index (χ3n) is 1.11. The fourth-order valence-corrected chi connectivity index (χ4v) is 0.716. The molecule has 0 unspecified atom stereocenters. The zero-order valence-corrected chi connectivity index (χ0v) is 8.76. The molecule has 0 saturated heterocycles. The zero-order chi connectivity index (χ0) is 10.4. The van der Waals surface area contributed by atoms with Crippen LogP contribution in [-0.2, 0) is 4.79 Å². The van der Waals surface area contributed by atoms with Gasteiger partial charge in [-0.15, -0.1) is 0 Å². The molecule has 0 aliphatic heterocycles. The van der Waals surface area contributed by atoms with Gasteiger partial charge in [-0.1, -0.05) is 6.58 Å². The molecule has 1 amide bonds. The van der Waals surface area contributed by atoms with Crippen molar-refractivity contribution in [3.05, 3.63) is 24.0 Å². The van der Waals surface area contributed by atoms with Gasteiger partial charge in [0.1, 0.15) is 10.3 Å². The summed E-state index contributed by atoms with van der Waals surface area (Å²) in [5, 5.41) is 0. The Morgan fingerprint density at radius 3 is 2.54 bits per heavy atom. The van der Waals surface area contributed by atoms with Crippen LogP contribution in [0.15, 0.2) is 29.0 Å². The smallest absolute Gasteiger partial charge is 0.285 e. The number of nitrogens with zero attached hydrogens (tertiary/aromatic N) is 1. The molecule has 5 N–H and O–H groups in total. The van der Waals surface area contributed by atoms with E-state index in [4.69, 9.17) is 11.6 Å². The average molecular weight is 247 g/mol. The topological polar surface area (TPSA) is 93.5 Å². The number of nitrogens with two attached hydrogens (primary N) is 2. The highest BCUT2D eigenvalue weighted by atomic mass is 79.9. The third kappa shape index (κ3) is 3.86. The SMILES string of the molecule is C=CC(Br)=N/C(C(=O)NN)=C(\C)N. The molecule has 0 aliphatic carbocycles. The molecule has 0 atom stereocenters. The molecule has 0 aromatic carbocycles. The Morgan fingerprint density at radius 2 is 2.23 bits per heavy atom. The quantitative estimate of drug-likeness (QED) is 0.218. The van der Waals surface area contributed by atoms with Crippen molar-refractivity contribution < 1.29 is 4.79 Å². The van der Waals surface area contributed by atoms with Crippen LogP contribution >= 0.6 is 15.9 Å². The van der Waals surface area contributed by atoms with Crippen molar-refractivity contribution in [1.29, 1.82) is 0 Å². The summed E-state index contributed by atoms with van der Waals surface area (Å²) < 4.78 is 0.413. The first-order chi connectivity index (χ1) is 6.02. The monoisotopic (exact) mass is 246 g/mol. The van der Waals surface area contributed by atoms with Crippen LogP contribution < -0.4 is 17.0 Å². The lowest BCUT2D eigenvalue weighted by Crippen LogP contribution is -2.32. The molecule has 0 saturated carbocycles. The minimum absolute atomic E-state index is 0.0641. The summed E-state index contributed by atoms with van der Waals surface area (Å²) in [6.45, 7) is 5.01. The van der Waals surface area contributed by atoms with E-state index in [2.05, 4.69) is 27.5 Å². The van der Waals surface area contributed by atoms with Crippen LogP contribution in [0.3, 0.4) is 0 Å². The Balaban J connectivity index is 4.98. The van der Waals surface area contributed by atoms with Gasteiger partial charge in [-0.3, -0.25) is 10.2 Å². The van der Waals surface area contributed by atoms with Crippen LogP contribution in [0.5, 0.6) is 0 Å². The maximum Gasteiger partial charge on any atom is 0.285 e. The number of hydrazine groups is 1. The Hall–Kier alpha value is -1.14. The molecule has 6 heteroatoms. The fraction of sp³-hybridized carbons (Fsp3) is 0.143. The van der Waals surface area contributed by atoms with E-state index in [1.165, 1.54) is 6.08 Å². The molecule has 0 radical (unpaired) electrons. The number of aliphatic imine (C=N–C) groups is 1. The third-order valence-corrected chi connectivity index (χ3v) is 1.61. The number of hydrogen-bond acceptors (Lipinski definition) is 4. The van der Waals surface area contributed by atoms with Gasteiger partial charge in [0.25, 0.3) is 5.91 Å². The molecule has 0 aromatic rings. The van der Waals surface area contributed by atoms with E-state index in [0.717, 1.165) is 0 Å². The van der Waals surface area contributed by atoms with E-state index in [-0.39, 0.29) is 11.4 Å². The first kappa shape index (κ1) is 11.9. The standard InChI is InChI=1S/C7H11BrN4O/c1-3-5(8)11-6(4(2)9)7(13)12-10/h3H,1,9-10H2,2H3,(H,12,13)/b6-4+,11-5?. The van der Waals surface area contributed by atoms with E-state index < -0.39 is 5.91 Å². The lowest BCUT2D eigenvalue weighted by atomic mass is 10.3. The Morgan fingerprint density at radius 1 is 1.69 bits per heavy atom. The molecule has 0 rings (SSSR count). The molecule has 13 heavy (non-hydrogen) atoms. The Bertz CT molecular complexity index is 278. The number of rotatable bonds is 3. The Kier molecular flexibility index (Phi) is 5.01. The second-order valence-corrected chi connectivity index (χ2v) is 2.96. The number of carbonyl (C=O) groups excluding carboxylic acids is 1. The van der Waals surface area contributed by atoms with E-state index in [9.17, 15) is 4.79 Å². The molecule has 72 valence electrons. The highest BCUT2D eigenvalue weighted by molar-refractivity contribution is 9.18. The van der Waals surface area contributed by atoms with Crippen molar-refractivity contribution in [2.75, 3.05) is 0 Å². The van der Waals surface area contributed by atoms with Crippen molar-refractivity contribution in [2.24, 2.45) is 16.6 Å². The molecular weight excluding hydrogens is 236 g/mol. The maximum atomic E-state index is 11.1. The molecule has 0 aromatic heterocycles. The summed E-state index contributed by atoms with van der Waals surface area (Å²) >= 11 is 3.06. The van der Waals surface area contributed by atoms with Crippen LogP contribution in [0.25, 0.3) is 0 Å². The normalized spacial score (nSPS) is 13.3. The van der Waals surface area contributed by atoms with E-state index in [0.29, 0.717) is 4.62 Å². The van der Waals surface area contributed by atoms with Crippen LogP contribution in [0.2, 0.25) is 0 Å². The highest BCUT2D eigenvalue weighted by Gasteiger charge is 2.08. The minimum Gasteiger partial charge on any atom is -0.400 e. The predicted octanol–water partition coefficient (Wildman–Crippen LogP) is 0.146. The number of hydrogen-bond donors (Lipinski definition) is 3. The first-order valence-corrected chi connectivity index (χ1v) is 4.16. The van der Waals surface area contributed by atoms with Crippen molar-refractivity contribution in [1.82, 2.24) is 5.43 Å². The van der Waals surface area contributed by atoms with Gasteiger partial charge >= 0.3 is 0 Å². The number of amides is 1. The molecular formula is C7H11BrN4O. The van der Waals surface area contributed by atoms with Gasteiger partial charge in [0.05, 0.1) is 0 Å². The lowest BCUT2D eigenvalue weighted by molar-refractivity contribution is -0.117. The van der Waals surface area contributed by atoms with Gasteiger partial charge in [0.2, 0.25) is 0 Å². The zero-order valence-electron chi connectivity index (χ0n) is 7.17. The van der Waals surface area contributed by atoms with Crippen molar-refractivity contribution >= 4 is 26.5 Å². The maximum absolute atomic E-state index is 11.1. The molecule has 5 nitrogen and oxygen atoms in total. The number of allylic oxidation sites excluding steroid dienone is 2. The van der Waals surface area contributed by atoms with Crippen LogP contribution in [-0.4, -0.2) is 10.5 Å². The summed E-state index contributed by atoms with van der Waals surface area (Å²) in [7, 11) is 0. The van der Waals surface area contributed by atoms with Gasteiger partial charge in [-0.25, -0.2) is 10.8 Å². The average Bonchev–Trinajstić information content (AvgIpc) is 2.11. The predicted molar refractivity (Wildman–Crippen MR) is 55.8 cm³/mol. The molecule has 0 spiro atoms. The lowest BCUT2D eigenvalue weighted by Gasteiger charge is -2.02. The number of carbonyl (C=O) groups is 1. The van der Waals surface area contributed by atoms with Crippen LogP contribution in [0, 0.1) is 0 Å². The van der Waals surface area contributed by atoms with E-state index in [1.54, 1.807) is 6.92 Å². The van der Waals surface area contributed by atoms with Gasteiger partial charge in [-0.2, -0.15) is 0 Å². The Labute approximate surface area is 84.7 Å². The van der Waals surface area contributed by atoms with Crippen molar-refractivity contribution in [3.8, 4) is 0 Å². The van der Waals surface area contributed by atoms with Gasteiger partial charge in [0.15, 0.2) is 0 Å². The highest BCUT2D eigenvalue weighted by Crippen LogP contribution is 2.04. The van der Waals surface area contributed by atoms with Gasteiger partial charge < -0.3 is 5.73 Å². The van der Waals surface area contributed by atoms with Crippen LogP contribution in [0.1, 0.15) is 6.92 Å². The largest absolute Gasteiger partial charge is 0.400 e. The van der Waals surface area contributed by atoms with Crippen LogP contribution in [0.4, 0.5) is 0 Å². The molecule has 0 aliphatic rings. The van der Waals surface area contributed by atoms with Gasteiger partial charge in [0, 0.05) is 5.70 Å². The number of halogens is 1. The second-order valence-electron chi connectivity index (χ2n) is 2.14. The molecule has 0 bridgehead atoms. The summed E-state index contributed by atoms with van der Waals surface area (Å²) in [5.74, 6) is 4.39. The van der Waals surface area contributed by atoms with Crippen molar-refractivity contribution in [2.45, 2.75) is 6.92 Å². The van der Waals surface area contributed by atoms with Gasteiger partial charge in [-0.05, 0) is 28.9 Å². The summed E-state index contributed by atoms with van der Waals surface area (Å²) in [5.41, 5.74) is 7.70. The molecule has 0 fully saturated rings. The summed E-state index contributed by atoms with van der Waals surface area (Å²) in [6.07, 6.45) is 1.44. The van der Waals surface area contributed by atoms with E-state index >= 15 is 0 Å².